The number of nitrogens with two attached hydrogens (primary N) is 1. The fourth-order valence-electron chi connectivity index (χ4n) is 1.79. The zero-order valence-electron chi connectivity index (χ0n) is 7.27. The van der Waals surface area contributed by atoms with Crippen LogP contribution in [-0.2, 0) is 0 Å². The molecule has 2 nitrogen and oxygen atoms in total. The van der Waals surface area contributed by atoms with E-state index in [1.807, 2.05) is 6.92 Å². The van der Waals surface area contributed by atoms with Crippen molar-refractivity contribution in [2.75, 3.05) is 0 Å². The highest BCUT2D eigenvalue weighted by Gasteiger charge is 2.19. The molecule has 0 aliphatic heterocycles. The average Bonchev–Trinajstić information content (AvgIpc) is 2.05. The van der Waals surface area contributed by atoms with Crippen molar-refractivity contribution in [3.63, 3.8) is 0 Å². The van der Waals surface area contributed by atoms with E-state index in [-0.39, 0.29) is 6.04 Å². The van der Waals surface area contributed by atoms with E-state index < -0.39 is 0 Å². The summed E-state index contributed by atoms with van der Waals surface area (Å²) in [4.78, 5) is 0. The number of hydrogen-bond donors (Lipinski definition) is 2. The van der Waals surface area contributed by atoms with Gasteiger partial charge in [-0.15, -0.1) is 0 Å². The molecule has 1 fully saturated rings. The Balaban J connectivity index is 2.39. The maximum atomic E-state index is 7.71. The van der Waals surface area contributed by atoms with Crippen LogP contribution in [0.3, 0.4) is 0 Å². The van der Waals surface area contributed by atoms with Crippen LogP contribution in [0.25, 0.3) is 0 Å². The number of nitrogens with one attached hydrogen (secondary N) is 1. The first-order valence-electron chi connectivity index (χ1n) is 4.55. The molecular weight excluding hydrogens is 136 g/mol. The minimum absolute atomic E-state index is 0.0295. The van der Waals surface area contributed by atoms with Crippen molar-refractivity contribution < 1.29 is 0 Å². The standard InChI is InChI=1S/C9H18N2/c1-7(10)9(11)8-5-3-2-4-6-8/h7-8,11H,2-6,10H2,1H3/t7-/m0/s1. The minimum atomic E-state index is -0.0295. The van der Waals surface area contributed by atoms with Gasteiger partial charge in [0.15, 0.2) is 0 Å². The van der Waals surface area contributed by atoms with Gasteiger partial charge in [-0.3, -0.25) is 0 Å². The maximum Gasteiger partial charge on any atom is 0.0397 e. The van der Waals surface area contributed by atoms with Crippen LogP contribution in [0.5, 0.6) is 0 Å². The molecule has 0 saturated heterocycles. The van der Waals surface area contributed by atoms with Gasteiger partial charge in [-0.1, -0.05) is 19.3 Å². The summed E-state index contributed by atoms with van der Waals surface area (Å²) in [5.74, 6) is 0.503. The van der Waals surface area contributed by atoms with E-state index in [0.29, 0.717) is 5.92 Å². The predicted octanol–water partition coefficient (Wildman–Crippen LogP) is 1.93. The van der Waals surface area contributed by atoms with Gasteiger partial charge in [-0.25, -0.2) is 0 Å². The molecule has 0 unspecified atom stereocenters. The van der Waals surface area contributed by atoms with Gasteiger partial charge in [-0.05, 0) is 25.7 Å². The molecule has 1 saturated carbocycles. The Hall–Kier alpha value is -0.370. The number of rotatable bonds is 2. The van der Waals surface area contributed by atoms with Gasteiger partial charge in [0.25, 0.3) is 0 Å². The highest BCUT2D eigenvalue weighted by Crippen LogP contribution is 2.24. The van der Waals surface area contributed by atoms with E-state index in [0.717, 1.165) is 5.71 Å². The zero-order valence-corrected chi connectivity index (χ0v) is 7.27. The summed E-state index contributed by atoms with van der Waals surface area (Å²) in [6, 6.07) is -0.0295. The molecule has 0 bridgehead atoms. The minimum Gasteiger partial charge on any atom is -0.323 e. The van der Waals surface area contributed by atoms with Gasteiger partial charge in [0, 0.05) is 11.8 Å². The van der Waals surface area contributed by atoms with E-state index in [4.69, 9.17) is 11.1 Å². The quantitative estimate of drug-likeness (QED) is 0.587. The highest BCUT2D eigenvalue weighted by molar-refractivity contribution is 5.88. The highest BCUT2D eigenvalue weighted by atomic mass is 14.7. The van der Waals surface area contributed by atoms with E-state index in [2.05, 4.69) is 0 Å². The topological polar surface area (TPSA) is 49.9 Å². The van der Waals surface area contributed by atoms with Crippen LogP contribution >= 0.6 is 0 Å². The summed E-state index contributed by atoms with van der Waals surface area (Å²) in [6.45, 7) is 1.91. The van der Waals surface area contributed by atoms with Crippen molar-refractivity contribution in [2.45, 2.75) is 45.1 Å². The fourth-order valence-corrected chi connectivity index (χ4v) is 1.79. The van der Waals surface area contributed by atoms with Crippen molar-refractivity contribution in [1.29, 1.82) is 5.41 Å². The van der Waals surface area contributed by atoms with Crippen LogP contribution < -0.4 is 5.73 Å². The van der Waals surface area contributed by atoms with Gasteiger partial charge in [-0.2, -0.15) is 0 Å². The van der Waals surface area contributed by atoms with Gasteiger partial charge in [0.1, 0.15) is 0 Å². The Morgan fingerprint density at radius 1 is 1.36 bits per heavy atom. The Bertz CT molecular complexity index is 134. The molecule has 2 heteroatoms. The number of hydrogen-bond acceptors (Lipinski definition) is 2. The molecule has 1 atom stereocenters. The third-order valence-corrected chi connectivity index (χ3v) is 2.54. The van der Waals surface area contributed by atoms with Crippen molar-refractivity contribution in [2.24, 2.45) is 11.7 Å². The molecule has 11 heavy (non-hydrogen) atoms. The third kappa shape index (κ3) is 2.29. The molecule has 0 radical (unpaired) electrons. The molecule has 1 aliphatic rings. The normalized spacial score (nSPS) is 23.1. The van der Waals surface area contributed by atoms with Crippen molar-refractivity contribution in [3.8, 4) is 0 Å². The summed E-state index contributed by atoms with van der Waals surface area (Å²) in [5, 5.41) is 7.71. The SMILES string of the molecule is C[C@H](N)C(=N)C1CCCCC1. The lowest BCUT2D eigenvalue weighted by molar-refractivity contribution is 0.431. The lowest BCUT2D eigenvalue weighted by atomic mass is 9.84. The van der Waals surface area contributed by atoms with Gasteiger partial charge >= 0.3 is 0 Å². The van der Waals surface area contributed by atoms with Gasteiger partial charge < -0.3 is 11.1 Å². The predicted molar refractivity (Wildman–Crippen MR) is 48.0 cm³/mol. The van der Waals surface area contributed by atoms with Crippen LogP contribution in [0.15, 0.2) is 0 Å². The molecule has 0 aromatic carbocycles. The second kappa shape index (κ2) is 3.86. The van der Waals surface area contributed by atoms with Gasteiger partial charge in [0.05, 0.1) is 0 Å². The average molecular weight is 154 g/mol. The first kappa shape index (κ1) is 8.72. The van der Waals surface area contributed by atoms with E-state index in [1.165, 1.54) is 32.1 Å². The molecule has 0 amide bonds. The second-order valence-electron chi connectivity index (χ2n) is 3.58. The lowest BCUT2D eigenvalue weighted by Gasteiger charge is -2.24. The summed E-state index contributed by atoms with van der Waals surface area (Å²) >= 11 is 0. The van der Waals surface area contributed by atoms with Crippen LogP contribution in [0.1, 0.15) is 39.0 Å². The van der Waals surface area contributed by atoms with Crippen LogP contribution in [0.2, 0.25) is 0 Å². The fraction of sp³-hybridized carbons (Fsp3) is 0.889. The molecule has 0 heterocycles. The summed E-state index contributed by atoms with van der Waals surface area (Å²) in [5.41, 5.74) is 6.41. The lowest BCUT2D eigenvalue weighted by Crippen LogP contribution is -2.33. The Kier molecular flexibility index (Phi) is 3.06. The van der Waals surface area contributed by atoms with Crippen LogP contribution in [-0.4, -0.2) is 11.8 Å². The summed E-state index contributed by atoms with van der Waals surface area (Å²) in [7, 11) is 0. The first-order valence-corrected chi connectivity index (χ1v) is 4.55. The second-order valence-corrected chi connectivity index (χ2v) is 3.58. The van der Waals surface area contributed by atoms with Crippen molar-refractivity contribution in [3.05, 3.63) is 0 Å². The molecule has 64 valence electrons. The van der Waals surface area contributed by atoms with Crippen LogP contribution in [0, 0.1) is 11.3 Å². The molecule has 0 spiro atoms. The molecule has 3 N–H and O–H groups in total. The van der Waals surface area contributed by atoms with Crippen molar-refractivity contribution >= 4 is 5.71 Å². The largest absolute Gasteiger partial charge is 0.323 e. The molecule has 1 aliphatic carbocycles. The maximum absolute atomic E-state index is 7.71. The Morgan fingerprint density at radius 2 is 1.91 bits per heavy atom. The van der Waals surface area contributed by atoms with E-state index in [9.17, 15) is 0 Å². The van der Waals surface area contributed by atoms with Gasteiger partial charge in [0.2, 0.25) is 0 Å². The Morgan fingerprint density at radius 3 is 2.36 bits per heavy atom. The molecule has 0 aromatic rings. The third-order valence-electron chi connectivity index (χ3n) is 2.54. The Labute approximate surface area is 68.7 Å². The van der Waals surface area contributed by atoms with E-state index in [1.54, 1.807) is 0 Å². The first-order chi connectivity index (χ1) is 5.22. The molecule has 1 rings (SSSR count). The smallest absolute Gasteiger partial charge is 0.0397 e. The summed E-state index contributed by atoms with van der Waals surface area (Å²) in [6.07, 6.45) is 6.32. The van der Waals surface area contributed by atoms with Crippen molar-refractivity contribution in [1.82, 2.24) is 0 Å². The van der Waals surface area contributed by atoms with E-state index >= 15 is 0 Å². The molecular formula is C9H18N2. The molecule has 0 aromatic heterocycles. The van der Waals surface area contributed by atoms with Crippen LogP contribution in [0.4, 0.5) is 0 Å². The zero-order chi connectivity index (χ0) is 8.27. The summed E-state index contributed by atoms with van der Waals surface area (Å²) < 4.78 is 0. The monoisotopic (exact) mass is 154 g/mol.